The van der Waals surface area contributed by atoms with Crippen molar-refractivity contribution in [1.29, 1.82) is 0 Å². The normalized spacial score (nSPS) is 9.24. The van der Waals surface area contributed by atoms with Crippen molar-refractivity contribution in [2.75, 3.05) is 0 Å². The standard InChI is InChI=1S/C9H9N3O3S.Zn/c10-7(13)3-1-4(8(11)14)6(16)5(2-3)9(12)15;/h1-2,16H,(H2,10,13)(H2,11,14)(H2,12,15);. The van der Waals surface area contributed by atoms with Crippen LogP contribution in [0.25, 0.3) is 0 Å². The zero-order chi connectivity index (χ0) is 12.5. The Morgan fingerprint density at radius 3 is 1.47 bits per heavy atom. The molecular weight excluding hydrogens is 296 g/mol. The van der Waals surface area contributed by atoms with Crippen LogP contribution in [-0.2, 0) is 19.5 Å². The maximum atomic E-state index is 11.0. The summed E-state index contributed by atoms with van der Waals surface area (Å²) < 4.78 is 0. The molecule has 0 heterocycles. The van der Waals surface area contributed by atoms with Crippen molar-refractivity contribution >= 4 is 30.4 Å². The average Bonchev–Trinajstić information content (AvgIpc) is 2.16. The van der Waals surface area contributed by atoms with Crippen molar-refractivity contribution in [3.8, 4) is 0 Å². The minimum absolute atomic E-state index is 0. The van der Waals surface area contributed by atoms with E-state index in [4.69, 9.17) is 17.2 Å². The predicted molar refractivity (Wildman–Crippen MR) is 59.2 cm³/mol. The van der Waals surface area contributed by atoms with E-state index in [0.717, 1.165) is 0 Å². The second-order valence-electron chi connectivity index (χ2n) is 3.01. The Kier molecular flexibility index (Phi) is 5.31. The van der Waals surface area contributed by atoms with E-state index >= 15 is 0 Å². The van der Waals surface area contributed by atoms with Crippen LogP contribution in [0.1, 0.15) is 31.1 Å². The van der Waals surface area contributed by atoms with Gasteiger partial charge < -0.3 is 17.2 Å². The molecule has 0 radical (unpaired) electrons. The number of carbonyl (C=O) groups excluding carboxylic acids is 3. The molecule has 1 aromatic rings. The second kappa shape index (κ2) is 5.79. The summed E-state index contributed by atoms with van der Waals surface area (Å²) in [5.74, 6) is -2.44. The first-order valence-electron chi connectivity index (χ1n) is 4.11. The Bertz CT molecular complexity index is 469. The van der Waals surface area contributed by atoms with Crippen LogP contribution in [0.3, 0.4) is 0 Å². The number of nitrogens with two attached hydrogens (primary N) is 3. The Balaban J connectivity index is 0.00000256. The van der Waals surface area contributed by atoms with Gasteiger partial charge in [0.25, 0.3) is 0 Å². The zero-order valence-electron chi connectivity index (χ0n) is 8.77. The molecule has 8 heteroatoms. The molecular formula is C9H9N3O3SZn. The topological polar surface area (TPSA) is 129 Å². The summed E-state index contributed by atoms with van der Waals surface area (Å²) in [6, 6.07) is 2.33. The summed E-state index contributed by atoms with van der Waals surface area (Å²) in [5.41, 5.74) is 15.0. The Morgan fingerprint density at radius 2 is 1.24 bits per heavy atom. The first kappa shape index (κ1) is 15.6. The fourth-order valence-corrected chi connectivity index (χ4v) is 1.50. The first-order chi connectivity index (χ1) is 7.34. The van der Waals surface area contributed by atoms with Crippen molar-refractivity contribution in [2.45, 2.75) is 4.90 Å². The van der Waals surface area contributed by atoms with Crippen LogP contribution in [0.4, 0.5) is 0 Å². The van der Waals surface area contributed by atoms with Gasteiger partial charge in [-0.15, -0.1) is 12.6 Å². The molecule has 0 spiro atoms. The molecule has 0 aromatic heterocycles. The van der Waals surface area contributed by atoms with E-state index in [1.54, 1.807) is 0 Å². The Morgan fingerprint density at radius 1 is 0.882 bits per heavy atom. The molecule has 0 aliphatic rings. The minimum Gasteiger partial charge on any atom is -0.366 e. The van der Waals surface area contributed by atoms with Crippen LogP contribution < -0.4 is 17.2 Å². The molecule has 6 N–H and O–H groups in total. The number of primary amides is 3. The van der Waals surface area contributed by atoms with Crippen LogP contribution in [-0.4, -0.2) is 17.7 Å². The summed E-state index contributed by atoms with van der Waals surface area (Å²) in [4.78, 5) is 33.1. The molecule has 0 saturated carbocycles. The molecule has 0 unspecified atom stereocenters. The molecule has 1 rings (SSSR count). The third-order valence-corrected chi connectivity index (χ3v) is 2.41. The van der Waals surface area contributed by atoms with Gasteiger partial charge in [-0.1, -0.05) is 0 Å². The van der Waals surface area contributed by atoms with Crippen molar-refractivity contribution in [2.24, 2.45) is 17.2 Å². The first-order valence-corrected chi connectivity index (χ1v) is 4.55. The molecule has 3 amide bonds. The number of amides is 3. The molecule has 0 fully saturated rings. The quantitative estimate of drug-likeness (QED) is 0.434. The maximum absolute atomic E-state index is 11.0. The van der Waals surface area contributed by atoms with Gasteiger partial charge in [-0.05, 0) is 12.1 Å². The van der Waals surface area contributed by atoms with Crippen LogP contribution >= 0.6 is 12.6 Å². The van der Waals surface area contributed by atoms with Gasteiger partial charge in [0, 0.05) is 29.9 Å². The van der Waals surface area contributed by atoms with Crippen molar-refractivity contribution < 1.29 is 33.9 Å². The van der Waals surface area contributed by atoms with Gasteiger partial charge in [0.05, 0.1) is 11.1 Å². The van der Waals surface area contributed by atoms with E-state index in [0.29, 0.717) is 0 Å². The van der Waals surface area contributed by atoms with E-state index in [-0.39, 0.29) is 41.1 Å². The van der Waals surface area contributed by atoms with Crippen molar-refractivity contribution in [3.05, 3.63) is 28.8 Å². The van der Waals surface area contributed by atoms with Gasteiger partial charge in [-0.25, -0.2) is 0 Å². The number of thiol groups is 1. The number of hydrogen-bond acceptors (Lipinski definition) is 4. The summed E-state index contributed by atoms with van der Waals surface area (Å²) >= 11 is 3.95. The van der Waals surface area contributed by atoms with Gasteiger partial charge in [0.15, 0.2) is 0 Å². The number of rotatable bonds is 3. The van der Waals surface area contributed by atoms with E-state index < -0.39 is 17.7 Å². The maximum Gasteiger partial charge on any atom is 0.249 e. The number of hydrogen-bond donors (Lipinski definition) is 4. The molecule has 0 atom stereocenters. The number of carbonyl (C=O) groups is 3. The summed E-state index contributed by atoms with van der Waals surface area (Å²) in [6.45, 7) is 0. The molecule has 6 nitrogen and oxygen atoms in total. The van der Waals surface area contributed by atoms with E-state index in [9.17, 15) is 14.4 Å². The van der Waals surface area contributed by atoms with E-state index in [1.807, 2.05) is 0 Å². The molecule has 0 aliphatic carbocycles. The number of benzene rings is 1. The van der Waals surface area contributed by atoms with Crippen molar-refractivity contribution in [3.63, 3.8) is 0 Å². The van der Waals surface area contributed by atoms with Crippen molar-refractivity contribution in [1.82, 2.24) is 0 Å². The van der Waals surface area contributed by atoms with Crippen LogP contribution in [0.15, 0.2) is 17.0 Å². The third-order valence-electron chi connectivity index (χ3n) is 1.93. The fourth-order valence-electron chi connectivity index (χ4n) is 1.15. The molecule has 0 aliphatic heterocycles. The van der Waals surface area contributed by atoms with Gasteiger partial charge in [0.2, 0.25) is 17.7 Å². The third kappa shape index (κ3) is 3.28. The largest absolute Gasteiger partial charge is 0.366 e. The second-order valence-corrected chi connectivity index (χ2v) is 3.46. The molecule has 86 valence electrons. The molecule has 1 aromatic carbocycles. The Labute approximate surface area is 115 Å². The van der Waals surface area contributed by atoms with Gasteiger partial charge in [-0.2, -0.15) is 0 Å². The van der Waals surface area contributed by atoms with Crippen LogP contribution in [0.2, 0.25) is 0 Å². The van der Waals surface area contributed by atoms with Gasteiger partial charge in [0.1, 0.15) is 0 Å². The minimum atomic E-state index is -0.824. The zero-order valence-corrected chi connectivity index (χ0v) is 12.6. The van der Waals surface area contributed by atoms with Crippen LogP contribution in [0, 0.1) is 0 Å². The summed E-state index contributed by atoms with van der Waals surface area (Å²) in [6.07, 6.45) is 0. The van der Waals surface area contributed by atoms with Gasteiger partial charge >= 0.3 is 0 Å². The molecule has 0 bridgehead atoms. The monoisotopic (exact) mass is 303 g/mol. The Hall–Kier alpha value is -1.40. The molecule has 17 heavy (non-hydrogen) atoms. The van der Waals surface area contributed by atoms with E-state index in [1.165, 1.54) is 12.1 Å². The molecule has 0 saturated heterocycles. The summed E-state index contributed by atoms with van der Waals surface area (Å²) in [7, 11) is 0. The fraction of sp³-hybridized carbons (Fsp3) is 0. The summed E-state index contributed by atoms with van der Waals surface area (Å²) in [5, 5.41) is 0. The van der Waals surface area contributed by atoms with Gasteiger partial charge in [-0.3, -0.25) is 14.4 Å². The van der Waals surface area contributed by atoms with E-state index in [2.05, 4.69) is 12.6 Å². The predicted octanol–water partition coefficient (Wildman–Crippen LogP) is -0.730. The van der Waals surface area contributed by atoms with Crippen LogP contribution in [0.5, 0.6) is 0 Å². The SMILES string of the molecule is NC(=O)c1cc(C(N)=O)c(S)c(C(N)=O)c1.[Zn]. The average molecular weight is 305 g/mol. The smallest absolute Gasteiger partial charge is 0.249 e.